The Labute approximate surface area is 223 Å². The highest BCUT2D eigenvalue weighted by Crippen LogP contribution is 2.37. The van der Waals surface area contributed by atoms with Gasteiger partial charge in [-0.25, -0.2) is 14.2 Å². The van der Waals surface area contributed by atoms with Crippen LogP contribution >= 0.6 is 11.6 Å². The number of fused-ring (bicyclic) bond motifs is 2. The summed E-state index contributed by atoms with van der Waals surface area (Å²) in [4.78, 5) is 9.13. The molecule has 6 aromatic rings. The van der Waals surface area contributed by atoms with Gasteiger partial charge in [-0.05, 0) is 42.8 Å². The minimum absolute atomic E-state index is 0.346. The summed E-state index contributed by atoms with van der Waals surface area (Å²) in [6, 6.07) is 15.1. The van der Waals surface area contributed by atoms with E-state index in [1.54, 1.807) is 43.3 Å². The predicted molar refractivity (Wildman–Crippen MR) is 144 cm³/mol. The summed E-state index contributed by atoms with van der Waals surface area (Å²) in [7, 11) is 3.24. The van der Waals surface area contributed by atoms with Crippen LogP contribution in [0.5, 0.6) is 17.2 Å². The standard InChI is InChI=1S/C28H23ClN6O3/c1-17-20-14-31-23(21-15-32-34-10-4-9-30-28(21)34)12-24(20)35(33-17)25-11-22(29)26(13-27(25)37-3)38-16-18-5-7-19(36-2)8-6-18/h4-15H,16H2,1-3H3. The largest absolute Gasteiger partial charge is 0.497 e. The first-order valence-corrected chi connectivity index (χ1v) is 12.2. The molecule has 0 bridgehead atoms. The van der Waals surface area contributed by atoms with Gasteiger partial charge in [0.05, 0.1) is 47.9 Å². The Bertz CT molecular complexity index is 1780. The number of benzene rings is 2. The first kappa shape index (κ1) is 23.7. The average molecular weight is 527 g/mol. The molecule has 10 heteroatoms. The molecule has 0 N–H and O–H groups in total. The number of methoxy groups -OCH3 is 2. The molecule has 0 unspecified atom stereocenters. The Hall–Kier alpha value is -4.63. The van der Waals surface area contributed by atoms with Crippen molar-refractivity contribution >= 4 is 28.2 Å². The van der Waals surface area contributed by atoms with Gasteiger partial charge in [-0.2, -0.15) is 10.2 Å². The van der Waals surface area contributed by atoms with Gasteiger partial charge in [-0.3, -0.25) is 4.98 Å². The molecule has 0 aliphatic carbocycles. The van der Waals surface area contributed by atoms with Gasteiger partial charge in [0.2, 0.25) is 0 Å². The number of rotatable bonds is 7. The van der Waals surface area contributed by atoms with E-state index in [1.807, 2.05) is 60.4 Å². The number of aryl methyl sites for hydroxylation is 1. The van der Waals surface area contributed by atoms with Gasteiger partial charge in [0.1, 0.15) is 29.5 Å². The fourth-order valence-corrected chi connectivity index (χ4v) is 4.55. The minimum atomic E-state index is 0.346. The number of hydrogen-bond acceptors (Lipinski definition) is 7. The van der Waals surface area contributed by atoms with Crippen molar-refractivity contribution in [3.8, 4) is 34.2 Å². The van der Waals surface area contributed by atoms with Crippen LogP contribution in [0.4, 0.5) is 0 Å². The molecule has 0 saturated heterocycles. The number of ether oxygens (including phenoxy) is 3. The zero-order valence-corrected chi connectivity index (χ0v) is 21.7. The van der Waals surface area contributed by atoms with E-state index >= 15 is 0 Å². The quantitative estimate of drug-likeness (QED) is 0.264. The Morgan fingerprint density at radius 3 is 2.58 bits per heavy atom. The molecule has 0 aliphatic heterocycles. The molecule has 0 spiro atoms. The topological polar surface area (TPSA) is 88.6 Å². The average Bonchev–Trinajstić information content (AvgIpc) is 3.53. The van der Waals surface area contributed by atoms with Crippen LogP contribution in [-0.2, 0) is 6.61 Å². The van der Waals surface area contributed by atoms with E-state index in [0.717, 1.165) is 44.8 Å². The second-order valence-electron chi connectivity index (χ2n) is 8.62. The van der Waals surface area contributed by atoms with E-state index in [-0.39, 0.29) is 0 Å². The lowest BCUT2D eigenvalue weighted by Crippen LogP contribution is -2.03. The van der Waals surface area contributed by atoms with E-state index in [4.69, 9.17) is 30.9 Å². The van der Waals surface area contributed by atoms with Crippen molar-refractivity contribution in [3.05, 3.63) is 89.6 Å². The lowest BCUT2D eigenvalue weighted by Gasteiger charge is -2.15. The van der Waals surface area contributed by atoms with Gasteiger partial charge in [0.15, 0.2) is 5.65 Å². The molecule has 0 saturated carbocycles. The maximum Gasteiger partial charge on any atom is 0.164 e. The summed E-state index contributed by atoms with van der Waals surface area (Å²) < 4.78 is 20.5. The van der Waals surface area contributed by atoms with Crippen molar-refractivity contribution in [1.29, 1.82) is 0 Å². The molecular weight excluding hydrogens is 504 g/mol. The van der Waals surface area contributed by atoms with Gasteiger partial charge < -0.3 is 14.2 Å². The van der Waals surface area contributed by atoms with Crippen molar-refractivity contribution in [2.45, 2.75) is 13.5 Å². The van der Waals surface area contributed by atoms with Crippen LogP contribution in [0.1, 0.15) is 11.3 Å². The van der Waals surface area contributed by atoms with E-state index in [2.05, 4.69) is 15.1 Å². The fourth-order valence-electron chi connectivity index (χ4n) is 4.34. The summed E-state index contributed by atoms with van der Waals surface area (Å²) in [5.41, 5.74) is 5.63. The third-order valence-electron chi connectivity index (χ3n) is 6.32. The van der Waals surface area contributed by atoms with Crippen LogP contribution in [0, 0.1) is 6.92 Å². The van der Waals surface area contributed by atoms with Crippen molar-refractivity contribution < 1.29 is 14.2 Å². The number of halogens is 1. The van der Waals surface area contributed by atoms with E-state index in [1.165, 1.54) is 0 Å². The van der Waals surface area contributed by atoms with Gasteiger partial charge in [-0.15, -0.1) is 0 Å². The lowest BCUT2D eigenvalue weighted by atomic mass is 10.1. The smallest absolute Gasteiger partial charge is 0.164 e. The monoisotopic (exact) mass is 526 g/mol. The van der Waals surface area contributed by atoms with Gasteiger partial charge >= 0.3 is 0 Å². The molecule has 38 heavy (non-hydrogen) atoms. The van der Waals surface area contributed by atoms with Crippen molar-refractivity contribution in [2.24, 2.45) is 0 Å². The van der Waals surface area contributed by atoms with Gasteiger partial charge in [0.25, 0.3) is 0 Å². The molecule has 0 radical (unpaired) electrons. The number of pyridine rings is 1. The van der Waals surface area contributed by atoms with Crippen LogP contribution < -0.4 is 14.2 Å². The summed E-state index contributed by atoms with van der Waals surface area (Å²) >= 11 is 6.68. The highest BCUT2D eigenvalue weighted by atomic mass is 35.5. The van der Waals surface area contributed by atoms with E-state index in [0.29, 0.717) is 28.8 Å². The summed E-state index contributed by atoms with van der Waals surface area (Å²) in [5, 5.41) is 10.5. The second kappa shape index (κ2) is 9.68. The number of aromatic nitrogens is 6. The van der Waals surface area contributed by atoms with E-state index < -0.39 is 0 Å². The maximum atomic E-state index is 6.68. The highest BCUT2D eigenvalue weighted by molar-refractivity contribution is 6.32. The van der Waals surface area contributed by atoms with Crippen LogP contribution in [0.15, 0.2) is 73.3 Å². The predicted octanol–water partition coefficient (Wildman–Crippen LogP) is 5.69. The Kier molecular flexibility index (Phi) is 6.05. The molecular formula is C28H23ClN6O3. The first-order chi connectivity index (χ1) is 18.6. The molecule has 2 aromatic carbocycles. The molecule has 190 valence electrons. The minimum Gasteiger partial charge on any atom is -0.497 e. The van der Waals surface area contributed by atoms with Crippen LogP contribution in [-0.4, -0.2) is 43.6 Å². The Morgan fingerprint density at radius 2 is 1.79 bits per heavy atom. The Morgan fingerprint density at radius 1 is 0.947 bits per heavy atom. The molecule has 6 rings (SSSR count). The van der Waals surface area contributed by atoms with Crippen molar-refractivity contribution in [1.82, 2.24) is 29.4 Å². The molecule has 0 atom stereocenters. The summed E-state index contributed by atoms with van der Waals surface area (Å²) in [6.45, 7) is 2.29. The zero-order chi connectivity index (χ0) is 26.2. The van der Waals surface area contributed by atoms with Crippen LogP contribution in [0.3, 0.4) is 0 Å². The zero-order valence-electron chi connectivity index (χ0n) is 20.9. The van der Waals surface area contributed by atoms with Crippen molar-refractivity contribution in [2.75, 3.05) is 14.2 Å². The first-order valence-electron chi connectivity index (χ1n) is 11.8. The second-order valence-corrected chi connectivity index (χ2v) is 9.03. The SMILES string of the molecule is COc1ccc(COc2cc(OC)c(-n3nc(C)c4cnc(-c5cnn6cccnc56)cc43)cc2Cl)cc1. The number of nitrogens with zero attached hydrogens (tertiary/aromatic N) is 6. The normalized spacial score (nSPS) is 11.3. The maximum absolute atomic E-state index is 6.68. The number of hydrogen-bond donors (Lipinski definition) is 0. The molecule has 0 amide bonds. The summed E-state index contributed by atoms with van der Waals surface area (Å²) in [6.07, 6.45) is 7.16. The fraction of sp³-hybridized carbons (Fsp3) is 0.143. The molecule has 9 nitrogen and oxygen atoms in total. The third-order valence-corrected chi connectivity index (χ3v) is 6.62. The van der Waals surface area contributed by atoms with E-state index in [9.17, 15) is 0 Å². The third kappa shape index (κ3) is 4.16. The summed E-state index contributed by atoms with van der Waals surface area (Å²) in [5.74, 6) is 1.87. The molecule has 4 aromatic heterocycles. The van der Waals surface area contributed by atoms with Gasteiger partial charge in [0, 0.05) is 30.0 Å². The van der Waals surface area contributed by atoms with Crippen LogP contribution in [0.25, 0.3) is 33.5 Å². The lowest BCUT2D eigenvalue weighted by molar-refractivity contribution is 0.303. The highest BCUT2D eigenvalue weighted by Gasteiger charge is 2.19. The van der Waals surface area contributed by atoms with Gasteiger partial charge in [-0.1, -0.05) is 23.7 Å². The molecule has 0 fully saturated rings. The Balaban J connectivity index is 1.38. The molecule has 0 aliphatic rings. The van der Waals surface area contributed by atoms with Crippen molar-refractivity contribution in [3.63, 3.8) is 0 Å². The molecule has 4 heterocycles. The van der Waals surface area contributed by atoms with Crippen LogP contribution in [0.2, 0.25) is 5.02 Å².